The summed E-state index contributed by atoms with van der Waals surface area (Å²) in [6.07, 6.45) is 0. The number of hydrogen-bond donors (Lipinski definition) is 1. The Morgan fingerprint density at radius 2 is 1.80 bits per heavy atom. The van der Waals surface area contributed by atoms with E-state index in [1.807, 2.05) is 0 Å². The molecule has 3 nitrogen and oxygen atoms in total. The highest BCUT2D eigenvalue weighted by Crippen LogP contribution is 2.37. The highest BCUT2D eigenvalue weighted by atomic mass is 32.2. The van der Waals surface area contributed by atoms with Crippen LogP contribution in [0, 0.1) is 0 Å². The summed E-state index contributed by atoms with van der Waals surface area (Å²) in [5.74, 6) is 0.0583. The lowest BCUT2D eigenvalue weighted by Crippen LogP contribution is -2.26. The highest BCUT2D eigenvalue weighted by Gasteiger charge is 2.29. The van der Waals surface area contributed by atoms with Gasteiger partial charge in [-0.3, -0.25) is 0 Å². The first kappa shape index (κ1) is 17.2. The van der Waals surface area contributed by atoms with E-state index in [2.05, 4.69) is 5.32 Å². The molecule has 114 valence electrons. The molecule has 1 aromatic carbocycles. The van der Waals surface area contributed by atoms with Crippen molar-refractivity contribution in [2.75, 3.05) is 16.8 Å². The van der Waals surface area contributed by atoms with Gasteiger partial charge in [-0.1, -0.05) is 6.92 Å². The number of thioether (sulfide) groups is 1. The van der Waals surface area contributed by atoms with Crippen LogP contribution in [0.5, 0.6) is 0 Å². The molecule has 1 atom stereocenters. The fourth-order valence-corrected chi connectivity index (χ4v) is 3.20. The van der Waals surface area contributed by atoms with Crippen molar-refractivity contribution in [1.82, 2.24) is 0 Å². The first-order valence-electron chi connectivity index (χ1n) is 5.94. The molecule has 0 saturated carbocycles. The average Bonchev–Trinajstić information content (AvgIpc) is 2.29. The molecule has 8 heteroatoms. The van der Waals surface area contributed by atoms with Gasteiger partial charge in [0.2, 0.25) is 0 Å². The van der Waals surface area contributed by atoms with Gasteiger partial charge in [0, 0.05) is 22.4 Å². The van der Waals surface area contributed by atoms with Crippen molar-refractivity contribution in [1.29, 1.82) is 0 Å². The monoisotopic (exact) mass is 327 g/mol. The van der Waals surface area contributed by atoms with Crippen LogP contribution in [-0.4, -0.2) is 31.5 Å². The molecule has 0 spiro atoms. The summed E-state index contributed by atoms with van der Waals surface area (Å²) in [5, 5.41) is 2.95. The van der Waals surface area contributed by atoms with Gasteiger partial charge < -0.3 is 5.32 Å². The number of sulfone groups is 1. The molecule has 20 heavy (non-hydrogen) atoms. The second kappa shape index (κ2) is 6.71. The molecule has 0 saturated heterocycles. The molecule has 1 unspecified atom stereocenters. The molecule has 0 aliphatic carbocycles. The van der Waals surface area contributed by atoms with E-state index in [4.69, 9.17) is 0 Å². The number of nitrogens with one attached hydrogen (secondary N) is 1. The first-order chi connectivity index (χ1) is 9.11. The Bertz CT molecular complexity index is 527. The topological polar surface area (TPSA) is 46.2 Å². The minimum absolute atomic E-state index is 0.0114. The lowest BCUT2D eigenvalue weighted by Gasteiger charge is -2.15. The maximum atomic E-state index is 12.2. The van der Waals surface area contributed by atoms with Crippen molar-refractivity contribution < 1.29 is 21.6 Å². The van der Waals surface area contributed by atoms with E-state index in [9.17, 15) is 21.6 Å². The van der Waals surface area contributed by atoms with E-state index in [0.29, 0.717) is 5.69 Å². The van der Waals surface area contributed by atoms with Crippen LogP contribution in [0.15, 0.2) is 29.2 Å². The van der Waals surface area contributed by atoms with Gasteiger partial charge in [-0.25, -0.2) is 8.42 Å². The summed E-state index contributed by atoms with van der Waals surface area (Å²) >= 11 is -0.182. The number of hydrogen-bond acceptors (Lipinski definition) is 4. The van der Waals surface area contributed by atoms with Crippen molar-refractivity contribution in [2.45, 2.75) is 30.3 Å². The Hall–Kier alpha value is -0.890. The van der Waals surface area contributed by atoms with Crippen molar-refractivity contribution in [2.24, 2.45) is 0 Å². The molecule has 1 rings (SSSR count). The van der Waals surface area contributed by atoms with Crippen LogP contribution in [0.25, 0.3) is 0 Å². The predicted octanol–water partition coefficient (Wildman–Crippen LogP) is 3.53. The second-order valence-electron chi connectivity index (χ2n) is 4.32. The Morgan fingerprint density at radius 3 is 2.25 bits per heavy atom. The maximum Gasteiger partial charge on any atom is 0.446 e. The molecule has 0 fully saturated rings. The average molecular weight is 327 g/mol. The Balaban J connectivity index is 2.62. The smallest absolute Gasteiger partial charge is 0.382 e. The lowest BCUT2D eigenvalue weighted by atomic mass is 10.3. The summed E-state index contributed by atoms with van der Waals surface area (Å²) in [4.78, 5) is 0.0943. The van der Waals surface area contributed by atoms with Crippen LogP contribution < -0.4 is 5.32 Å². The van der Waals surface area contributed by atoms with Gasteiger partial charge in [0.15, 0.2) is 9.84 Å². The van der Waals surface area contributed by atoms with E-state index < -0.39 is 15.3 Å². The molecule has 0 radical (unpaired) electrons. The third kappa shape index (κ3) is 6.51. The molecule has 0 amide bonds. The number of benzene rings is 1. The van der Waals surface area contributed by atoms with Crippen molar-refractivity contribution in [3.63, 3.8) is 0 Å². The van der Waals surface area contributed by atoms with E-state index in [0.717, 1.165) is 0 Å². The van der Waals surface area contributed by atoms with Crippen molar-refractivity contribution >= 4 is 27.3 Å². The number of anilines is 1. The van der Waals surface area contributed by atoms with Crippen LogP contribution in [-0.2, 0) is 9.84 Å². The molecule has 1 aromatic rings. The maximum absolute atomic E-state index is 12.2. The van der Waals surface area contributed by atoms with E-state index in [1.165, 1.54) is 24.3 Å². The third-order valence-corrected chi connectivity index (χ3v) is 5.07. The fraction of sp³-hybridized carbons (Fsp3) is 0.500. The molecule has 0 bridgehead atoms. The van der Waals surface area contributed by atoms with E-state index in [-0.39, 0.29) is 34.2 Å². The molecule has 0 aliphatic heterocycles. The standard InChI is InChI=1S/C12H16F3NO2S2/c1-3-20(17,18)8-9(2)16-10-4-6-11(7-5-10)19-12(13,14)15/h4-7,9,16H,3,8H2,1-2H3. The molecule has 0 aliphatic rings. The third-order valence-electron chi connectivity index (χ3n) is 2.44. The van der Waals surface area contributed by atoms with Crippen molar-refractivity contribution in [3.05, 3.63) is 24.3 Å². The van der Waals surface area contributed by atoms with Gasteiger partial charge in [0.25, 0.3) is 0 Å². The molecule has 1 N–H and O–H groups in total. The molecule has 0 heterocycles. The van der Waals surface area contributed by atoms with Crippen LogP contribution in [0.1, 0.15) is 13.8 Å². The fourth-order valence-electron chi connectivity index (χ4n) is 1.58. The first-order valence-corrected chi connectivity index (χ1v) is 8.58. The number of alkyl halides is 3. The van der Waals surface area contributed by atoms with Gasteiger partial charge in [0.05, 0.1) is 5.75 Å². The molecular weight excluding hydrogens is 311 g/mol. The number of halogens is 3. The normalized spacial score (nSPS) is 14.1. The summed E-state index contributed by atoms with van der Waals surface area (Å²) in [5.41, 5.74) is -3.72. The van der Waals surface area contributed by atoms with Gasteiger partial charge >= 0.3 is 5.51 Å². The van der Waals surface area contributed by atoms with Gasteiger partial charge in [-0.15, -0.1) is 0 Å². The summed E-state index contributed by atoms with van der Waals surface area (Å²) in [6, 6.07) is 5.40. The van der Waals surface area contributed by atoms with E-state index >= 15 is 0 Å². The Morgan fingerprint density at radius 1 is 1.25 bits per heavy atom. The minimum atomic E-state index is -4.31. The van der Waals surface area contributed by atoms with Gasteiger partial charge in [-0.05, 0) is 43.0 Å². The van der Waals surface area contributed by atoms with Crippen LogP contribution in [0.3, 0.4) is 0 Å². The lowest BCUT2D eigenvalue weighted by molar-refractivity contribution is -0.0328. The summed E-state index contributed by atoms with van der Waals surface area (Å²) in [6.45, 7) is 3.29. The number of rotatable bonds is 6. The largest absolute Gasteiger partial charge is 0.446 e. The predicted molar refractivity (Wildman–Crippen MR) is 75.8 cm³/mol. The minimum Gasteiger partial charge on any atom is -0.382 e. The zero-order chi connectivity index (χ0) is 15.4. The second-order valence-corrected chi connectivity index (χ2v) is 7.85. The SMILES string of the molecule is CCS(=O)(=O)CC(C)Nc1ccc(SC(F)(F)F)cc1. The van der Waals surface area contributed by atoms with E-state index in [1.54, 1.807) is 13.8 Å². The quantitative estimate of drug-likeness (QED) is 0.812. The molecular formula is C12H16F3NO2S2. The Kier molecular flexibility index (Phi) is 5.76. The molecule has 0 aromatic heterocycles. The van der Waals surface area contributed by atoms with Crippen LogP contribution in [0.2, 0.25) is 0 Å². The van der Waals surface area contributed by atoms with Gasteiger partial charge in [-0.2, -0.15) is 13.2 Å². The van der Waals surface area contributed by atoms with Gasteiger partial charge in [0.1, 0.15) is 0 Å². The van der Waals surface area contributed by atoms with Crippen LogP contribution in [0.4, 0.5) is 18.9 Å². The Labute approximate surface area is 120 Å². The van der Waals surface area contributed by atoms with Crippen molar-refractivity contribution in [3.8, 4) is 0 Å². The summed E-state index contributed by atoms with van der Waals surface area (Å²) < 4.78 is 59.4. The zero-order valence-corrected chi connectivity index (χ0v) is 12.7. The summed E-state index contributed by atoms with van der Waals surface area (Å²) in [7, 11) is -3.09. The highest BCUT2D eigenvalue weighted by molar-refractivity contribution is 8.00. The van der Waals surface area contributed by atoms with Crippen LogP contribution >= 0.6 is 11.8 Å². The zero-order valence-electron chi connectivity index (χ0n) is 11.1.